The molecule has 206 valence electrons. The number of halogens is 8. The van der Waals surface area contributed by atoms with E-state index in [0.29, 0.717) is 24.6 Å². The molecule has 3 aromatic rings. The van der Waals surface area contributed by atoms with Crippen LogP contribution in [0.3, 0.4) is 0 Å². The van der Waals surface area contributed by atoms with Crippen LogP contribution < -0.4 is 5.32 Å². The summed E-state index contributed by atoms with van der Waals surface area (Å²) >= 11 is 6.11. The van der Waals surface area contributed by atoms with Crippen molar-refractivity contribution in [2.45, 2.75) is 36.4 Å². The summed E-state index contributed by atoms with van der Waals surface area (Å²) in [6.07, 6.45) is -10.0. The maximum Gasteiger partial charge on any atom is 0.437 e. The van der Waals surface area contributed by atoms with Crippen molar-refractivity contribution in [3.05, 3.63) is 63.1 Å². The van der Waals surface area contributed by atoms with Gasteiger partial charge < -0.3 is 9.88 Å². The number of nitrogens with zero attached hydrogens (tertiary/aromatic N) is 5. The second-order valence-electron chi connectivity index (χ2n) is 8.72. The molecule has 9 nitrogen and oxygen atoms in total. The number of hydrogen-bond acceptors (Lipinski definition) is 5. The topological polar surface area (TPSA) is 119 Å². The highest BCUT2D eigenvalue weighted by atomic mass is 35.5. The quantitative estimate of drug-likeness (QED) is 0.235. The SMILES string of the molecule is Cn1c(C(F)(C(F)(F)F)C(F)(F)F)cc([N+](=O)[O-])c1-n1cc(-c2ccc(Cl)c(C(=O)NC3(C#N)CC3)c2)cn1. The first-order valence-electron chi connectivity index (χ1n) is 10.7. The molecular formula is C22H14ClF7N6O3. The monoisotopic (exact) mass is 578 g/mol. The molecule has 2 aromatic heterocycles. The average Bonchev–Trinajstić information content (AvgIpc) is 3.27. The second kappa shape index (κ2) is 8.97. The van der Waals surface area contributed by atoms with Crippen molar-refractivity contribution in [3.8, 4) is 23.0 Å². The molecule has 0 spiro atoms. The van der Waals surface area contributed by atoms with Gasteiger partial charge in [-0.1, -0.05) is 17.7 Å². The van der Waals surface area contributed by atoms with Crippen LogP contribution in [0.4, 0.5) is 36.4 Å². The van der Waals surface area contributed by atoms with Crippen molar-refractivity contribution in [1.82, 2.24) is 19.7 Å². The van der Waals surface area contributed by atoms with Gasteiger partial charge in [0.2, 0.25) is 5.82 Å². The molecule has 1 aliphatic rings. The Morgan fingerprint density at radius 3 is 2.28 bits per heavy atom. The maximum atomic E-state index is 14.8. The summed E-state index contributed by atoms with van der Waals surface area (Å²) in [6, 6.07) is 5.85. The van der Waals surface area contributed by atoms with E-state index in [0.717, 1.165) is 12.4 Å². The predicted octanol–water partition coefficient (Wildman–Crippen LogP) is 5.51. The lowest BCUT2D eigenvalue weighted by atomic mass is 10.0. The van der Waals surface area contributed by atoms with E-state index < -0.39 is 51.6 Å². The van der Waals surface area contributed by atoms with E-state index in [1.54, 1.807) is 0 Å². The van der Waals surface area contributed by atoms with Gasteiger partial charge in [-0.05, 0) is 30.5 Å². The number of carbonyl (C=O) groups is 1. The summed E-state index contributed by atoms with van der Waals surface area (Å²) < 4.78 is 95.4. The Kier molecular flexibility index (Phi) is 6.42. The van der Waals surface area contributed by atoms with E-state index in [-0.39, 0.29) is 32.3 Å². The minimum Gasteiger partial charge on any atom is -0.334 e. The van der Waals surface area contributed by atoms with Crippen molar-refractivity contribution in [2.75, 3.05) is 0 Å². The van der Waals surface area contributed by atoms with Gasteiger partial charge in [0.25, 0.3) is 5.91 Å². The van der Waals surface area contributed by atoms with Gasteiger partial charge in [0.15, 0.2) is 0 Å². The Morgan fingerprint density at radius 2 is 1.77 bits per heavy atom. The third kappa shape index (κ3) is 4.56. The summed E-state index contributed by atoms with van der Waals surface area (Å²) in [5.74, 6) is -1.57. The van der Waals surface area contributed by atoms with Gasteiger partial charge >= 0.3 is 23.7 Å². The molecule has 1 saturated carbocycles. The molecule has 4 rings (SSSR count). The number of nitriles is 1. The number of benzene rings is 1. The Labute approximate surface area is 218 Å². The van der Waals surface area contributed by atoms with Crippen molar-refractivity contribution < 1.29 is 40.5 Å². The summed E-state index contributed by atoms with van der Waals surface area (Å²) in [5, 5.41) is 27.1. The van der Waals surface area contributed by atoms with Gasteiger partial charge in [-0.3, -0.25) is 14.9 Å². The molecular weight excluding hydrogens is 565 g/mol. The fraction of sp³-hybridized carbons (Fsp3) is 0.318. The van der Waals surface area contributed by atoms with E-state index in [2.05, 4.69) is 10.4 Å². The first kappa shape index (κ1) is 27.9. The minimum absolute atomic E-state index is 0.0127. The van der Waals surface area contributed by atoms with Crippen LogP contribution in [-0.4, -0.2) is 43.1 Å². The molecule has 1 aromatic carbocycles. The lowest BCUT2D eigenvalue weighted by Gasteiger charge is -2.30. The van der Waals surface area contributed by atoms with Gasteiger partial charge in [-0.25, -0.2) is 9.07 Å². The molecule has 1 amide bonds. The van der Waals surface area contributed by atoms with E-state index in [9.17, 15) is 50.9 Å². The van der Waals surface area contributed by atoms with Gasteiger partial charge in [0, 0.05) is 24.9 Å². The molecule has 0 bridgehead atoms. The van der Waals surface area contributed by atoms with E-state index in [4.69, 9.17) is 11.6 Å². The van der Waals surface area contributed by atoms with Crippen LogP contribution in [0.1, 0.15) is 28.9 Å². The number of amides is 1. The Bertz CT molecular complexity index is 1520. The van der Waals surface area contributed by atoms with Crippen molar-refractivity contribution in [2.24, 2.45) is 7.05 Å². The van der Waals surface area contributed by atoms with Crippen molar-refractivity contribution in [1.29, 1.82) is 5.26 Å². The normalized spacial score (nSPS) is 15.1. The molecule has 17 heteroatoms. The lowest BCUT2D eigenvalue weighted by Crippen LogP contribution is -2.51. The van der Waals surface area contributed by atoms with Gasteiger partial charge in [-0.15, -0.1) is 0 Å². The van der Waals surface area contributed by atoms with Crippen molar-refractivity contribution in [3.63, 3.8) is 0 Å². The van der Waals surface area contributed by atoms with Crippen LogP contribution in [0.25, 0.3) is 16.9 Å². The molecule has 39 heavy (non-hydrogen) atoms. The molecule has 0 aliphatic heterocycles. The van der Waals surface area contributed by atoms with Crippen LogP contribution >= 0.6 is 11.6 Å². The van der Waals surface area contributed by atoms with Crippen LogP contribution in [-0.2, 0) is 12.7 Å². The number of nitrogens with one attached hydrogen (secondary N) is 1. The third-order valence-corrected chi connectivity index (χ3v) is 6.50. The summed E-state index contributed by atoms with van der Waals surface area (Å²) in [4.78, 5) is 22.9. The van der Waals surface area contributed by atoms with Crippen LogP contribution in [0.5, 0.6) is 0 Å². The molecule has 0 atom stereocenters. The number of rotatable bonds is 6. The summed E-state index contributed by atoms with van der Waals surface area (Å²) in [7, 11) is 0.596. The molecule has 0 saturated heterocycles. The zero-order valence-electron chi connectivity index (χ0n) is 19.4. The average molecular weight is 579 g/mol. The number of alkyl halides is 7. The highest BCUT2D eigenvalue weighted by Crippen LogP contribution is 2.54. The minimum atomic E-state index is -6.50. The lowest BCUT2D eigenvalue weighted by molar-refractivity contribution is -0.384. The Morgan fingerprint density at radius 1 is 1.15 bits per heavy atom. The second-order valence-corrected chi connectivity index (χ2v) is 9.13. The smallest absolute Gasteiger partial charge is 0.334 e. The zero-order valence-corrected chi connectivity index (χ0v) is 20.1. The molecule has 1 fully saturated rings. The third-order valence-electron chi connectivity index (χ3n) is 6.17. The molecule has 2 heterocycles. The largest absolute Gasteiger partial charge is 0.437 e. The molecule has 0 radical (unpaired) electrons. The summed E-state index contributed by atoms with van der Waals surface area (Å²) in [5.41, 5.74) is -9.97. The van der Waals surface area contributed by atoms with Gasteiger partial charge in [0.05, 0.1) is 33.5 Å². The number of carbonyl (C=O) groups excluding carboxylic acids is 1. The molecule has 1 N–H and O–H groups in total. The summed E-state index contributed by atoms with van der Waals surface area (Å²) in [6.45, 7) is 0. The highest BCUT2D eigenvalue weighted by molar-refractivity contribution is 6.34. The van der Waals surface area contributed by atoms with Crippen LogP contribution in [0.2, 0.25) is 5.02 Å². The van der Waals surface area contributed by atoms with Crippen LogP contribution in [0, 0.1) is 21.4 Å². The Balaban J connectivity index is 1.79. The first-order valence-corrected chi connectivity index (χ1v) is 11.1. The van der Waals surface area contributed by atoms with E-state index in [1.807, 2.05) is 6.07 Å². The maximum absolute atomic E-state index is 14.8. The molecule has 1 aliphatic carbocycles. The highest BCUT2D eigenvalue weighted by Gasteiger charge is 2.75. The first-order chi connectivity index (χ1) is 18.0. The van der Waals surface area contributed by atoms with Crippen LogP contribution in [0.15, 0.2) is 36.7 Å². The fourth-order valence-corrected chi connectivity index (χ4v) is 4.11. The van der Waals surface area contributed by atoms with Crippen molar-refractivity contribution >= 4 is 23.2 Å². The van der Waals surface area contributed by atoms with E-state index >= 15 is 0 Å². The number of aromatic nitrogens is 3. The predicted molar refractivity (Wildman–Crippen MR) is 120 cm³/mol. The fourth-order valence-electron chi connectivity index (χ4n) is 3.90. The standard InChI is InChI=1S/C22H14ClF7N6O3/c1-34-16(20(24,21(25,26)27)22(28,29)30)7-15(36(38)39)18(34)35-9-12(8-32-35)11-2-3-14(23)13(6-11)17(37)33-19(10-31)4-5-19/h2-3,6-9H,4-5H2,1H3,(H,33,37). The van der Waals surface area contributed by atoms with Gasteiger partial charge in [0.1, 0.15) is 5.54 Å². The van der Waals surface area contributed by atoms with Gasteiger partial charge in [-0.2, -0.15) is 36.7 Å². The zero-order chi connectivity index (χ0) is 29.1. The number of nitro groups is 1. The number of hydrogen-bond donors (Lipinski definition) is 1. The Hall–Kier alpha value is -4.13. The molecule has 0 unspecified atom stereocenters. The van der Waals surface area contributed by atoms with E-state index in [1.165, 1.54) is 18.2 Å².